The van der Waals surface area contributed by atoms with Gasteiger partial charge in [-0.05, 0) is 31.4 Å². The number of ether oxygens (including phenoxy) is 3. The highest BCUT2D eigenvalue weighted by molar-refractivity contribution is 6.77. The van der Waals surface area contributed by atoms with Crippen LogP contribution in [-0.4, -0.2) is 40.2 Å². The van der Waals surface area contributed by atoms with E-state index in [9.17, 15) is 4.79 Å². The highest BCUT2D eigenvalue weighted by Crippen LogP contribution is 2.23. The van der Waals surface area contributed by atoms with E-state index in [2.05, 4.69) is 32.1 Å². The Labute approximate surface area is 169 Å². The van der Waals surface area contributed by atoms with E-state index < -0.39 is 14.0 Å². The van der Waals surface area contributed by atoms with E-state index in [1.807, 2.05) is 32.0 Å². The lowest BCUT2D eigenvalue weighted by molar-refractivity contribution is -0.138. The first kappa shape index (κ1) is 23.8. The van der Waals surface area contributed by atoms with Crippen molar-refractivity contribution in [2.75, 3.05) is 20.4 Å². The number of rotatable bonds is 10. The van der Waals surface area contributed by atoms with E-state index in [1.54, 1.807) is 0 Å². The number of hydrogen-bond donors (Lipinski definition) is 0. The first-order valence-electron chi connectivity index (χ1n) is 9.36. The zero-order valence-electron chi connectivity index (χ0n) is 18.3. The Hall–Kier alpha value is -2.28. The van der Waals surface area contributed by atoms with Gasteiger partial charge in [0.2, 0.25) is 5.76 Å². The van der Waals surface area contributed by atoms with Gasteiger partial charge in [0.25, 0.3) is 0 Å². The van der Waals surface area contributed by atoms with Crippen LogP contribution in [0, 0.1) is 12.8 Å². The molecule has 0 spiro atoms. The molecule has 0 saturated carbocycles. The molecule has 0 bridgehead atoms. The SMILES string of the molecule is COC=C(Oc1cc(C(C)=NOC[Si](C)(C)CC(C)C)ccc1C)C(=O)OC. The first-order chi connectivity index (χ1) is 13.1. The lowest BCUT2D eigenvalue weighted by Gasteiger charge is -2.22. The van der Waals surface area contributed by atoms with Crippen molar-refractivity contribution in [2.45, 2.75) is 46.8 Å². The molecule has 1 aromatic carbocycles. The molecule has 0 saturated heterocycles. The van der Waals surface area contributed by atoms with E-state index in [4.69, 9.17) is 19.0 Å². The Kier molecular flexibility index (Phi) is 9.25. The average molecular weight is 408 g/mol. The molecule has 1 rings (SSSR count). The summed E-state index contributed by atoms with van der Waals surface area (Å²) in [6.07, 6.45) is 1.89. The summed E-state index contributed by atoms with van der Waals surface area (Å²) in [6, 6.07) is 6.87. The van der Waals surface area contributed by atoms with Crippen molar-refractivity contribution in [1.29, 1.82) is 0 Å². The minimum absolute atomic E-state index is 0.0301. The summed E-state index contributed by atoms with van der Waals surface area (Å²) < 4.78 is 15.3. The van der Waals surface area contributed by atoms with Crippen molar-refractivity contribution in [3.63, 3.8) is 0 Å². The molecule has 0 fully saturated rings. The third-order valence-electron chi connectivity index (χ3n) is 4.05. The van der Waals surface area contributed by atoms with E-state index in [0.29, 0.717) is 17.9 Å². The fourth-order valence-electron chi connectivity index (χ4n) is 2.90. The number of benzene rings is 1. The first-order valence-corrected chi connectivity index (χ1v) is 12.8. The van der Waals surface area contributed by atoms with Crippen molar-refractivity contribution < 1.29 is 23.8 Å². The van der Waals surface area contributed by atoms with Crippen LogP contribution in [-0.2, 0) is 19.1 Å². The van der Waals surface area contributed by atoms with E-state index in [1.165, 1.54) is 26.5 Å². The third kappa shape index (κ3) is 7.76. The largest absolute Gasteiger partial charge is 0.500 e. The van der Waals surface area contributed by atoms with Crippen LogP contribution in [0.3, 0.4) is 0 Å². The summed E-state index contributed by atoms with van der Waals surface area (Å²) in [5.41, 5.74) is 2.47. The fraction of sp³-hybridized carbons (Fsp3) is 0.524. The number of esters is 1. The molecule has 0 aromatic heterocycles. The maximum Gasteiger partial charge on any atom is 0.377 e. The Morgan fingerprint density at radius 1 is 1.25 bits per heavy atom. The van der Waals surface area contributed by atoms with Crippen molar-refractivity contribution in [2.24, 2.45) is 11.1 Å². The van der Waals surface area contributed by atoms with Gasteiger partial charge in [0.15, 0.2) is 0 Å². The van der Waals surface area contributed by atoms with Gasteiger partial charge >= 0.3 is 5.97 Å². The number of methoxy groups -OCH3 is 2. The monoisotopic (exact) mass is 407 g/mol. The normalized spacial score (nSPS) is 12.8. The summed E-state index contributed by atoms with van der Waals surface area (Å²) >= 11 is 0. The van der Waals surface area contributed by atoms with Crippen LogP contribution >= 0.6 is 0 Å². The standard InChI is InChI=1S/C21H33NO5Si/c1-15(2)13-28(7,8)14-26-22-17(4)18-10-9-16(3)19(11-18)27-20(12-24-5)21(23)25-6/h9-12,15H,13-14H2,1-8H3. The molecule has 0 amide bonds. The van der Waals surface area contributed by atoms with Crippen LogP contribution in [0.25, 0.3) is 0 Å². The topological polar surface area (TPSA) is 66.3 Å². The molecule has 6 nitrogen and oxygen atoms in total. The Bertz CT molecular complexity index is 726. The summed E-state index contributed by atoms with van der Waals surface area (Å²) in [5, 5.41) is 4.29. The van der Waals surface area contributed by atoms with Gasteiger partial charge < -0.3 is 19.0 Å². The average Bonchev–Trinajstić information content (AvgIpc) is 2.60. The van der Waals surface area contributed by atoms with Gasteiger partial charge in [-0.25, -0.2) is 4.79 Å². The molecular formula is C21H33NO5Si. The van der Waals surface area contributed by atoms with Crippen molar-refractivity contribution in [3.8, 4) is 5.75 Å². The second-order valence-corrected chi connectivity index (χ2v) is 13.0. The predicted molar refractivity (Wildman–Crippen MR) is 114 cm³/mol. The number of aryl methyl sites for hydroxylation is 1. The van der Waals surface area contributed by atoms with E-state index in [0.717, 1.165) is 16.8 Å². The highest BCUT2D eigenvalue weighted by atomic mass is 28.3. The zero-order valence-corrected chi connectivity index (χ0v) is 19.3. The molecular weight excluding hydrogens is 374 g/mol. The maximum absolute atomic E-state index is 11.8. The number of nitrogens with zero attached hydrogens (tertiary/aromatic N) is 1. The van der Waals surface area contributed by atoms with Crippen LogP contribution in [0.2, 0.25) is 19.1 Å². The van der Waals surface area contributed by atoms with Gasteiger partial charge in [-0.2, -0.15) is 0 Å². The van der Waals surface area contributed by atoms with Crippen LogP contribution in [0.15, 0.2) is 35.4 Å². The number of carbonyl (C=O) groups excluding carboxylic acids is 1. The molecule has 0 unspecified atom stereocenters. The minimum Gasteiger partial charge on any atom is -0.500 e. The number of hydrogen-bond acceptors (Lipinski definition) is 6. The van der Waals surface area contributed by atoms with Crippen LogP contribution < -0.4 is 4.74 Å². The van der Waals surface area contributed by atoms with Crippen molar-refractivity contribution in [1.82, 2.24) is 0 Å². The lowest BCUT2D eigenvalue weighted by Crippen LogP contribution is -2.33. The Morgan fingerprint density at radius 3 is 2.50 bits per heavy atom. The zero-order chi connectivity index (χ0) is 21.3. The molecule has 0 N–H and O–H groups in total. The van der Waals surface area contributed by atoms with Crippen molar-refractivity contribution in [3.05, 3.63) is 41.3 Å². The molecule has 156 valence electrons. The smallest absolute Gasteiger partial charge is 0.377 e. The Morgan fingerprint density at radius 2 is 1.93 bits per heavy atom. The highest BCUT2D eigenvalue weighted by Gasteiger charge is 2.23. The summed E-state index contributed by atoms with van der Waals surface area (Å²) in [5.74, 6) is 0.543. The van der Waals surface area contributed by atoms with Crippen molar-refractivity contribution >= 4 is 19.8 Å². The Balaban J connectivity index is 2.94. The molecule has 28 heavy (non-hydrogen) atoms. The molecule has 0 radical (unpaired) electrons. The van der Waals surface area contributed by atoms with E-state index in [-0.39, 0.29) is 5.76 Å². The third-order valence-corrected chi connectivity index (χ3v) is 6.89. The molecule has 0 aliphatic heterocycles. The summed E-state index contributed by atoms with van der Waals surface area (Å²) in [6.45, 7) is 12.9. The van der Waals surface area contributed by atoms with Gasteiger partial charge in [-0.3, -0.25) is 0 Å². The van der Waals surface area contributed by atoms with Crippen LogP contribution in [0.1, 0.15) is 31.9 Å². The van der Waals surface area contributed by atoms with Gasteiger partial charge in [0, 0.05) is 5.56 Å². The van der Waals surface area contributed by atoms with Gasteiger partial charge in [0.1, 0.15) is 18.2 Å². The fourth-order valence-corrected chi connectivity index (χ4v) is 5.64. The second-order valence-electron chi connectivity index (χ2n) is 8.00. The van der Waals surface area contributed by atoms with Gasteiger partial charge in [-0.15, -0.1) is 0 Å². The van der Waals surface area contributed by atoms with E-state index >= 15 is 0 Å². The quantitative estimate of drug-likeness (QED) is 0.141. The molecule has 0 heterocycles. The second kappa shape index (κ2) is 10.9. The summed E-state index contributed by atoms with van der Waals surface area (Å²) in [4.78, 5) is 17.5. The van der Waals surface area contributed by atoms with Gasteiger partial charge in [-0.1, -0.05) is 50.3 Å². The number of carbonyl (C=O) groups is 1. The minimum atomic E-state index is -1.43. The molecule has 0 aliphatic carbocycles. The summed E-state index contributed by atoms with van der Waals surface area (Å²) in [7, 11) is 1.30. The maximum atomic E-state index is 11.8. The van der Waals surface area contributed by atoms with Crippen LogP contribution in [0.5, 0.6) is 5.75 Å². The molecule has 0 aliphatic rings. The predicted octanol–water partition coefficient (Wildman–Crippen LogP) is 4.68. The number of oxime groups is 1. The molecule has 0 atom stereocenters. The van der Waals surface area contributed by atoms with Crippen LogP contribution in [0.4, 0.5) is 0 Å². The lowest BCUT2D eigenvalue weighted by atomic mass is 10.1. The van der Waals surface area contributed by atoms with Gasteiger partial charge in [0.05, 0.1) is 28.0 Å². The molecule has 1 aromatic rings. The molecule has 7 heteroatoms.